The molecule has 1 aliphatic heterocycles. The zero-order valence-corrected chi connectivity index (χ0v) is 15.9. The zero-order chi connectivity index (χ0) is 20.2. The predicted octanol–water partition coefficient (Wildman–Crippen LogP) is 3.28. The molecule has 29 heavy (non-hydrogen) atoms. The fourth-order valence-electron chi connectivity index (χ4n) is 3.48. The highest BCUT2D eigenvalue weighted by atomic mass is 19.2. The number of hydrogen-bond acceptors (Lipinski definition) is 5. The van der Waals surface area contributed by atoms with Crippen molar-refractivity contribution in [2.75, 3.05) is 37.6 Å². The zero-order valence-electron chi connectivity index (χ0n) is 15.9. The molecule has 0 spiro atoms. The summed E-state index contributed by atoms with van der Waals surface area (Å²) in [6.45, 7) is 3.38. The average molecular weight is 396 g/mol. The standard InChI is InChI=1S/C22H22F2N4O/c23-18-7-6-17(14-19(18)24)20(29)15-27-10-12-28(13-11-27)21-8-9-25-22(26-21)16-4-2-1-3-5-16/h1-9,14,20,29H,10-13,15H2/t20-/m0/s1. The van der Waals surface area contributed by atoms with Gasteiger partial charge in [-0.2, -0.15) is 0 Å². The highest BCUT2D eigenvalue weighted by molar-refractivity contribution is 5.57. The number of aliphatic hydroxyl groups is 1. The lowest BCUT2D eigenvalue weighted by atomic mass is 10.1. The third-order valence-corrected chi connectivity index (χ3v) is 5.13. The fourth-order valence-corrected chi connectivity index (χ4v) is 3.48. The summed E-state index contributed by atoms with van der Waals surface area (Å²) in [7, 11) is 0. The fraction of sp³-hybridized carbons (Fsp3) is 0.273. The molecule has 7 heteroatoms. The summed E-state index contributed by atoms with van der Waals surface area (Å²) in [5.41, 5.74) is 1.36. The molecular weight excluding hydrogens is 374 g/mol. The van der Waals surface area contributed by atoms with Crippen molar-refractivity contribution in [2.24, 2.45) is 0 Å². The highest BCUT2D eigenvalue weighted by Gasteiger charge is 2.21. The molecule has 2 aromatic carbocycles. The van der Waals surface area contributed by atoms with E-state index < -0.39 is 17.7 Å². The molecule has 3 aromatic rings. The molecule has 1 aliphatic rings. The molecule has 2 heterocycles. The number of anilines is 1. The first-order valence-corrected chi connectivity index (χ1v) is 9.59. The van der Waals surface area contributed by atoms with E-state index in [0.717, 1.165) is 49.7 Å². The number of aromatic nitrogens is 2. The number of halogens is 2. The van der Waals surface area contributed by atoms with Gasteiger partial charge in [0.15, 0.2) is 17.5 Å². The third kappa shape index (κ3) is 4.58. The summed E-state index contributed by atoms with van der Waals surface area (Å²) >= 11 is 0. The monoisotopic (exact) mass is 396 g/mol. The van der Waals surface area contributed by atoms with Crippen molar-refractivity contribution in [3.63, 3.8) is 0 Å². The Bertz CT molecular complexity index is 962. The van der Waals surface area contributed by atoms with Gasteiger partial charge in [-0.1, -0.05) is 36.4 Å². The second-order valence-electron chi connectivity index (χ2n) is 7.08. The second kappa shape index (κ2) is 8.63. The summed E-state index contributed by atoms with van der Waals surface area (Å²) in [6.07, 6.45) is 0.907. The van der Waals surface area contributed by atoms with E-state index in [1.807, 2.05) is 36.4 Å². The third-order valence-electron chi connectivity index (χ3n) is 5.13. The second-order valence-corrected chi connectivity index (χ2v) is 7.08. The Labute approximate surface area is 168 Å². The van der Waals surface area contributed by atoms with Gasteiger partial charge in [0.25, 0.3) is 0 Å². The number of hydrogen-bond donors (Lipinski definition) is 1. The Hall–Kier alpha value is -2.90. The van der Waals surface area contributed by atoms with E-state index in [9.17, 15) is 13.9 Å². The van der Waals surface area contributed by atoms with Crippen LogP contribution in [0.25, 0.3) is 11.4 Å². The number of nitrogens with zero attached hydrogens (tertiary/aromatic N) is 4. The Kier molecular flexibility index (Phi) is 5.78. The van der Waals surface area contributed by atoms with Crippen LogP contribution in [0.15, 0.2) is 60.8 Å². The maximum Gasteiger partial charge on any atom is 0.161 e. The van der Waals surface area contributed by atoms with Gasteiger partial charge in [-0.25, -0.2) is 18.7 Å². The normalized spacial score (nSPS) is 16.0. The van der Waals surface area contributed by atoms with Crippen molar-refractivity contribution in [3.05, 3.63) is 78.0 Å². The molecule has 1 saturated heterocycles. The molecule has 0 bridgehead atoms. The van der Waals surface area contributed by atoms with Crippen LogP contribution < -0.4 is 4.90 Å². The van der Waals surface area contributed by atoms with Crippen molar-refractivity contribution in [2.45, 2.75) is 6.10 Å². The quantitative estimate of drug-likeness (QED) is 0.717. The largest absolute Gasteiger partial charge is 0.387 e. The molecule has 1 atom stereocenters. The van der Waals surface area contributed by atoms with Crippen molar-refractivity contribution >= 4 is 5.82 Å². The van der Waals surface area contributed by atoms with Gasteiger partial charge >= 0.3 is 0 Å². The van der Waals surface area contributed by atoms with Gasteiger partial charge in [-0.3, -0.25) is 4.90 Å². The Morgan fingerprint density at radius 3 is 2.41 bits per heavy atom. The summed E-state index contributed by atoms with van der Waals surface area (Å²) in [5, 5.41) is 10.4. The van der Waals surface area contributed by atoms with Crippen LogP contribution >= 0.6 is 0 Å². The van der Waals surface area contributed by atoms with E-state index in [1.54, 1.807) is 6.20 Å². The van der Waals surface area contributed by atoms with E-state index in [4.69, 9.17) is 0 Å². The molecule has 5 nitrogen and oxygen atoms in total. The van der Waals surface area contributed by atoms with Crippen LogP contribution in [0, 0.1) is 11.6 Å². The van der Waals surface area contributed by atoms with Gasteiger partial charge in [0, 0.05) is 44.5 Å². The predicted molar refractivity (Wildman–Crippen MR) is 107 cm³/mol. The van der Waals surface area contributed by atoms with Crippen LogP contribution in [0.5, 0.6) is 0 Å². The smallest absolute Gasteiger partial charge is 0.161 e. The number of benzene rings is 2. The maximum absolute atomic E-state index is 13.4. The lowest BCUT2D eigenvalue weighted by Crippen LogP contribution is -2.47. The summed E-state index contributed by atoms with van der Waals surface area (Å²) in [5.74, 6) is -0.280. The first kappa shape index (κ1) is 19.4. The maximum atomic E-state index is 13.4. The van der Waals surface area contributed by atoms with E-state index in [1.165, 1.54) is 6.07 Å². The average Bonchev–Trinajstić information content (AvgIpc) is 2.77. The van der Waals surface area contributed by atoms with Crippen molar-refractivity contribution < 1.29 is 13.9 Å². The summed E-state index contributed by atoms with van der Waals surface area (Å²) < 4.78 is 26.5. The van der Waals surface area contributed by atoms with Crippen LogP contribution in [0.3, 0.4) is 0 Å². The van der Waals surface area contributed by atoms with Crippen LogP contribution in [0.1, 0.15) is 11.7 Å². The number of piperazine rings is 1. The molecule has 1 aromatic heterocycles. The highest BCUT2D eigenvalue weighted by Crippen LogP contribution is 2.21. The minimum Gasteiger partial charge on any atom is -0.387 e. The van der Waals surface area contributed by atoms with E-state index in [2.05, 4.69) is 19.8 Å². The van der Waals surface area contributed by atoms with Crippen LogP contribution in [-0.4, -0.2) is 52.7 Å². The molecule has 4 rings (SSSR count). The van der Waals surface area contributed by atoms with Crippen molar-refractivity contribution in [3.8, 4) is 11.4 Å². The van der Waals surface area contributed by atoms with Gasteiger partial charge in [0.05, 0.1) is 6.10 Å². The van der Waals surface area contributed by atoms with Gasteiger partial charge in [-0.15, -0.1) is 0 Å². The minimum absolute atomic E-state index is 0.373. The van der Waals surface area contributed by atoms with Crippen molar-refractivity contribution in [1.82, 2.24) is 14.9 Å². The summed E-state index contributed by atoms with van der Waals surface area (Å²) in [6, 6.07) is 15.3. The summed E-state index contributed by atoms with van der Waals surface area (Å²) in [4.78, 5) is 13.4. The Balaban J connectivity index is 1.36. The van der Waals surface area contributed by atoms with Crippen LogP contribution in [0.4, 0.5) is 14.6 Å². The number of aliphatic hydroxyl groups excluding tert-OH is 1. The molecule has 1 fully saturated rings. The van der Waals surface area contributed by atoms with Gasteiger partial charge in [-0.05, 0) is 23.8 Å². The lowest BCUT2D eigenvalue weighted by Gasteiger charge is -2.36. The van der Waals surface area contributed by atoms with E-state index in [0.29, 0.717) is 17.9 Å². The Morgan fingerprint density at radius 1 is 0.931 bits per heavy atom. The topological polar surface area (TPSA) is 52.5 Å². The first-order chi connectivity index (χ1) is 14.1. The molecule has 1 N–H and O–H groups in total. The lowest BCUT2D eigenvalue weighted by molar-refractivity contribution is 0.109. The number of β-amino-alcohol motifs (C(OH)–C–C–N with tert-alkyl or cyclic N) is 1. The molecular formula is C22H22F2N4O. The number of rotatable bonds is 5. The molecule has 0 unspecified atom stereocenters. The molecule has 0 aliphatic carbocycles. The van der Waals surface area contributed by atoms with Gasteiger partial charge < -0.3 is 10.0 Å². The van der Waals surface area contributed by atoms with E-state index in [-0.39, 0.29) is 0 Å². The van der Waals surface area contributed by atoms with Crippen LogP contribution in [-0.2, 0) is 0 Å². The molecule has 0 amide bonds. The van der Waals surface area contributed by atoms with Crippen molar-refractivity contribution in [1.29, 1.82) is 0 Å². The van der Waals surface area contributed by atoms with E-state index >= 15 is 0 Å². The minimum atomic E-state index is -0.940. The van der Waals surface area contributed by atoms with Crippen LogP contribution in [0.2, 0.25) is 0 Å². The first-order valence-electron chi connectivity index (χ1n) is 9.59. The molecule has 0 radical (unpaired) electrons. The van der Waals surface area contributed by atoms with Gasteiger partial charge in [0.1, 0.15) is 5.82 Å². The molecule has 150 valence electrons. The molecule has 0 saturated carbocycles. The van der Waals surface area contributed by atoms with Gasteiger partial charge in [0.2, 0.25) is 0 Å². The SMILES string of the molecule is O[C@@H](CN1CCN(c2ccnc(-c3ccccc3)n2)CC1)c1ccc(F)c(F)c1. The Morgan fingerprint density at radius 2 is 1.69 bits per heavy atom.